The molecule has 1 aliphatic rings. The van der Waals surface area contributed by atoms with Crippen molar-refractivity contribution in [3.8, 4) is 0 Å². The van der Waals surface area contributed by atoms with E-state index in [0.29, 0.717) is 23.6 Å². The number of halogens is 3. The quantitative estimate of drug-likeness (QED) is 0.770. The standard InChI is InChI=1S/C12H12Cl2FNOS/c1-12(7-13)5-10(16-17-12)18-6-8-3-2-4-9(14)11(8)15/h2-4H,5-7H2,1H3. The van der Waals surface area contributed by atoms with Crippen LogP contribution in [-0.4, -0.2) is 16.5 Å². The Bertz CT molecular complexity index is 483. The van der Waals surface area contributed by atoms with Crippen molar-refractivity contribution in [2.24, 2.45) is 5.16 Å². The van der Waals surface area contributed by atoms with Crippen molar-refractivity contribution >= 4 is 40.0 Å². The van der Waals surface area contributed by atoms with Crippen molar-refractivity contribution in [3.63, 3.8) is 0 Å². The van der Waals surface area contributed by atoms with Gasteiger partial charge in [0, 0.05) is 12.2 Å². The fraction of sp³-hybridized carbons (Fsp3) is 0.417. The van der Waals surface area contributed by atoms with E-state index in [2.05, 4.69) is 5.16 Å². The number of oxime groups is 1. The Morgan fingerprint density at radius 2 is 2.33 bits per heavy atom. The van der Waals surface area contributed by atoms with Gasteiger partial charge >= 0.3 is 0 Å². The van der Waals surface area contributed by atoms with Gasteiger partial charge in [-0.3, -0.25) is 0 Å². The molecule has 0 aromatic heterocycles. The average molecular weight is 308 g/mol. The minimum Gasteiger partial charge on any atom is -0.387 e. The van der Waals surface area contributed by atoms with Gasteiger partial charge < -0.3 is 4.84 Å². The first-order chi connectivity index (χ1) is 8.54. The summed E-state index contributed by atoms with van der Waals surface area (Å²) in [6.45, 7) is 1.90. The van der Waals surface area contributed by atoms with E-state index in [0.717, 1.165) is 5.04 Å². The van der Waals surface area contributed by atoms with Gasteiger partial charge in [-0.25, -0.2) is 4.39 Å². The largest absolute Gasteiger partial charge is 0.387 e. The highest BCUT2D eigenvalue weighted by Crippen LogP contribution is 2.31. The van der Waals surface area contributed by atoms with Crippen LogP contribution in [0.15, 0.2) is 23.4 Å². The van der Waals surface area contributed by atoms with Gasteiger partial charge in [0.1, 0.15) is 10.9 Å². The predicted octanol–water partition coefficient (Wildman–Crippen LogP) is 4.44. The molecular formula is C12H12Cl2FNOS. The van der Waals surface area contributed by atoms with Crippen LogP contribution >= 0.6 is 35.0 Å². The van der Waals surface area contributed by atoms with Crippen LogP contribution in [0, 0.1) is 5.82 Å². The van der Waals surface area contributed by atoms with Crippen molar-refractivity contribution in [1.82, 2.24) is 0 Å². The van der Waals surface area contributed by atoms with Crippen molar-refractivity contribution in [3.05, 3.63) is 34.6 Å². The second-order valence-electron chi connectivity index (χ2n) is 4.34. The molecule has 98 valence electrons. The lowest BCUT2D eigenvalue weighted by molar-refractivity contribution is 0.0152. The summed E-state index contributed by atoms with van der Waals surface area (Å²) in [6, 6.07) is 4.98. The minimum atomic E-state index is -0.434. The maximum Gasteiger partial charge on any atom is 0.154 e. The van der Waals surface area contributed by atoms with Gasteiger partial charge in [0.25, 0.3) is 0 Å². The van der Waals surface area contributed by atoms with Gasteiger partial charge in [0.15, 0.2) is 5.60 Å². The first-order valence-corrected chi connectivity index (χ1v) is 7.30. The normalized spacial score (nSPS) is 22.8. The zero-order valence-electron chi connectivity index (χ0n) is 9.75. The van der Waals surface area contributed by atoms with E-state index in [1.807, 2.05) is 6.92 Å². The van der Waals surface area contributed by atoms with Gasteiger partial charge in [0.2, 0.25) is 0 Å². The molecule has 1 aliphatic heterocycles. The average Bonchev–Trinajstić information content (AvgIpc) is 2.74. The van der Waals surface area contributed by atoms with E-state index < -0.39 is 5.60 Å². The van der Waals surface area contributed by atoms with Crippen LogP contribution in [0.2, 0.25) is 5.02 Å². The van der Waals surface area contributed by atoms with E-state index in [1.54, 1.807) is 12.1 Å². The SMILES string of the molecule is CC1(CCl)CC(SCc2cccc(Cl)c2F)=NO1. The first kappa shape index (κ1) is 14.0. The van der Waals surface area contributed by atoms with Crippen LogP contribution < -0.4 is 0 Å². The van der Waals surface area contributed by atoms with Crippen LogP contribution in [0.3, 0.4) is 0 Å². The number of alkyl halides is 1. The molecule has 0 amide bonds. The van der Waals surface area contributed by atoms with E-state index in [9.17, 15) is 4.39 Å². The molecule has 0 bridgehead atoms. The van der Waals surface area contributed by atoms with Crippen molar-refractivity contribution in [2.45, 2.75) is 24.7 Å². The molecule has 0 N–H and O–H groups in total. The number of hydrogen-bond donors (Lipinski definition) is 0. The molecule has 0 aliphatic carbocycles. The van der Waals surface area contributed by atoms with Crippen molar-refractivity contribution in [2.75, 3.05) is 5.88 Å². The summed E-state index contributed by atoms with van der Waals surface area (Å²) in [7, 11) is 0. The second-order valence-corrected chi connectivity index (χ2v) is 6.06. The summed E-state index contributed by atoms with van der Waals surface area (Å²) in [5, 5.41) is 4.94. The number of thioether (sulfide) groups is 1. The Labute approximate surface area is 119 Å². The number of hydrogen-bond acceptors (Lipinski definition) is 3. The van der Waals surface area contributed by atoms with Gasteiger partial charge in [0.05, 0.1) is 10.9 Å². The Kier molecular flexibility index (Phi) is 4.41. The lowest BCUT2D eigenvalue weighted by atomic mass is 10.1. The molecule has 0 saturated heterocycles. The molecule has 1 unspecified atom stereocenters. The van der Waals surface area contributed by atoms with Gasteiger partial charge in [-0.05, 0) is 18.6 Å². The lowest BCUT2D eigenvalue weighted by Crippen LogP contribution is -2.26. The number of rotatable bonds is 3. The van der Waals surface area contributed by atoms with Gasteiger partial charge in [-0.15, -0.1) is 23.4 Å². The molecule has 0 spiro atoms. The zero-order chi connectivity index (χ0) is 13.2. The molecule has 6 heteroatoms. The topological polar surface area (TPSA) is 21.6 Å². The van der Waals surface area contributed by atoms with Gasteiger partial charge in [-0.2, -0.15) is 0 Å². The lowest BCUT2D eigenvalue weighted by Gasteiger charge is -2.16. The highest BCUT2D eigenvalue weighted by Gasteiger charge is 2.33. The third-order valence-electron chi connectivity index (χ3n) is 2.60. The summed E-state index contributed by atoms with van der Waals surface area (Å²) in [5.74, 6) is 0.491. The smallest absolute Gasteiger partial charge is 0.154 e. The third kappa shape index (κ3) is 3.11. The molecule has 1 aromatic carbocycles. The van der Waals surface area contributed by atoms with E-state index >= 15 is 0 Å². The molecule has 1 atom stereocenters. The summed E-state index contributed by atoms with van der Waals surface area (Å²) in [5.41, 5.74) is 0.131. The molecule has 2 rings (SSSR count). The van der Waals surface area contributed by atoms with Crippen molar-refractivity contribution < 1.29 is 9.23 Å². The number of benzene rings is 1. The van der Waals surface area contributed by atoms with Crippen LogP contribution in [-0.2, 0) is 10.6 Å². The highest BCUT2D eigenvalue weighted by atomic mass is 35.5. The number of nitrogens with zero attached hydrogens (tertiary/aromatic N) is 1. The highest BCUT2D eigenvalue weighted by molar-refractivity contribution is 8.13. The summed E-state index contributed by atoms with van der Waals surface area (Å²) in [4.78, 5) is 5.26. The fourth-order valence-electron chi connectivity index (χ4n) is 1.52. The van der Waals surface area contributed by atoms with Crippen LogP contribution in [0.25, 0.3) is 0 Å². The second kappa shape index (κ2) is 5.68. The van der Waals surface area contributed by atoms with Crippen LogP contribution in [0.1, 0.15) is 18.9 Å². The van der Waals surface area contributed by atoms with Crippen LogP contribution in [0.5, 0.6) is 0 Å². The molecule has 0 saturated carbocycles. The molecule has 18 heavy (non-hydrogen) atoms. The molecule has 0 radical (unpaired) electrons. The Morgan fingerprint density at radius 1 is 1.56 bits per heavy atom. The first-order valence-electron chi connectivity index (χ1n) is 5.41. The van der Waals surface area contributed by atoms with E-state index in [1.165, 1.54) is 17.8 Å². The maximum absolute atomic E-state index is 13.7. The zero-order valence-corrected chi connectivity index (χ0v) is 12.1. The molecular weight excluding hydrogens is 296 g/mol. The monoisotopic (exact) mass is 307 g/mol. The molecule has 0 fully saturated rings. The maximum atomic E-state index is 13.7. The fourth-order valence-corrected chi connectivity index (χ4v) is 2.90. The third-order valence-corrected chi connectivity index (χ3v) is 4.47. The summed E-state index contributed by atoms with van der Waals surface area (Å²) < 4.78 is 13.7. The minimum absolute atomic E-state index is 0.142. The van der Waals surface area contributed by atoms with E-state index in [4.69, 9.17) is 28.0 Å². The van der Waals surface area contributed by atoms with Gasteiger partial charge in [-0.1, -0.05) is 28.9 Å². The molecule has 1 heterocycles. The summed E-state index contributed by atoms with van der Waals surface area (Å²) in [6.07, 6.45) is 0.656. The predicted molar refractivity (Wildman–Crippen MR) is 75.0 cm³/mol. The van der Waals surface area contributed by atoms with Crippen molar-refractivity contribution in [1.29, 1.82) is 0 Å². The molecule has 1 aromatic rings. The molecule has 2 nitrogen and oxygen atoms in total. The van der Waals surface area contributed by atoms with Crippen LogP contribution in [0.4, 0.5) is 4.39 Å². The summed E-state index contributed by atoms with van der Waals surface area (Å²) >= 11 is 13.0. The van der Waals surface area contributed by atoms with E-state index in [-0.39, 0.29) is 10.8 Å². The Balaban J connectivity index is 1.95. The Morgan fingerprint density at radius 3 is 3.00 bits per heavy atom. The Hall–Kier alpha value is -0.450.